The second kappa shape index (κ2) is 11.3. The summed E-state index contributed by atoms with van der Waals surface area (Å²) < 4.78 is 32.0. The van der Waals surface area contributed by atoms with E-state index in [1.165, 1.54) is 17.7 Å². The number of hydrogen-bond acceptors (Lipinski definition) is 7. The summed E-state index contributed by atoms with van der Waals surface area (Å²) in [4.78, 5) is 29.9. The van der Waals surface area contributed by atoms with Crippen molar-refractivity contribution in [2.75, 3.05) is 26.6 Å². The molecule has 0 spiro atoms. The van der Waals surface area contributed by atoms with Gasteiger partial charge in [0.05, 0.1) is 44.5 Å². The predicted octanol–water partition coefficient (Wildman–Crippen LogP) is 4.75. The van der Waals surface area contributed by atoms with Gasteiger partial charge in [0.2, 0.25) is 0 Å². The molecule has 226 valence electrons. The van der Waals surface area contributed by atoms with Crippen LogP contribution in [-0.4, -0.2) is 41.9 Å². The summed E-state index contributed by atoms with van der Waals surface area (Å²) in [7, 11) is 4.64. The maximum absolute atomic E-state index is 14.5. The molecule has 1 unspecified atom stereocenters. The van der Waals surface area contributed by atoms with Crippen molar-refractivity contribution in [3.05, 3.63) is 116 Å². The number of H-pyrrole nitrogens is 1. The Morgan fingerprint density at radius 3 is 2.39 bits per heavy atom. The first kappa shape index (κ1) is 29.1. The lowest BCUT2D eigenvalue weighted by Gasteiger charge is -2.28. The predicted molar refractivity (Wildman–Crippen MR) is 163 cm³/mol. The van der Waals surface area contributed by atoms with E-state index >= 15 is 0 Å². The highest BCUT2D eigenvalue weighted by Crippen LogP contribution is 2.45. The first-order chi connectivity index (χ1) is 21.2. The third kappa shape index (κ3) is 4.89. The van der Waals surface area contributed by atoms with Crippen LogP contribution in [0.5, 0.6) is 17.2 Å². The fraction of sp³-hybridized carbons (Fsp3) is 0.188. The van der Waals surface area contributed by atoms with E-state index < -0.39 is 23.1 Å². The van der Waals surface area contributed by atoms with Gasteiger partial charge in [-0.05, 0) is 54.1 Å². The van der Waals surface area contributed by atoms with Gasteiger partial charge in [-0.1, -0.05) is 23.7 Å². The number of aromatic nitrogens is 2. The quantitative estimate of drug-likeness (QED) is 0.188. The number of carbonyl (C=O) groups is 1. The largest absolute Gasteiger partial charge is 0.497 e. The maximum atomic E-state index is 14.5. The van der Waals surface area contributed by atoms with Gasteiger partial charge in [-0.2, -0.15) is 0 Å². The van der Waals surface area contributed by atoms with Crippen LogP contribution in [-0.2, 0) is 18.8 Å². The SMILES string of the molecule is COc1ccc(Cn2c(=O)[nH]c3cc(NCc4ccc(OC)cc4OC)c4c(c32)C(=O)NC4(O)c2cc(F)ccc2Cl)cc1. The molecule has 2 heterocycles. The second-order valence-electron chi connectivity index (χ2n) is 10.3. The summed E-state index contributed by atoms with van der Waals surface area (Å²) in [6, 6.07) is 17.6. The molecule has 4 aromatic carbocycles. The number of benzene rings is 4. The summed E-state index contributed by atoms with van der Waals surface area (Å²) in [5.41, 5.74) is -0.150. The first-order valence-corrected chi connectivity index (χ1v) is 13.9. The summed E-state index contributed by atoms with van der Waals surface area (Å²) in [6.45, 7) is 0.320. The van der Waals surface area contributed by atoms with Crippen molar-refractivity contribution in [2.24, 2.45) is 0 Å². The molecule has 4 N–H and O–H groups in total. The third-order valence-electron chi connectivity index (χ3n) is 7.72. The molecular weight excluding hydrogens is 591 g/mol. The highest BCUT2D eigenvalue weighted by molar-refractivity contribution is 6.31. The Kier molecular flexibility index (Phi) is 7.44. The van der Waals surface area contributed by atoms with E-state index in [0.29, 0.717) is 28.5 Å². The Morgan fingerprint density at radius 2 is 1.68 bits per heavy atom. The van der Waals surface area contributed by atoms with Crippen LogP contribution in [0, 0.1) is 5.82 Å². The highest BCUT2D eigenvalue weighted by Gasteiger charge is 2.48. The fourth-order valence-corrected chi connectivity index (χ4v) is 5.84. The zero-order chi connectivity index (χ0) is 31.2. The Hall–Kier alpha value is -5.00. The van der Waals surface area contributed by atoms with Gasteiger partial charge in [-0.3, -0.25) is 9.36 Å². The molecule has 0 bridgehead atoms. The van der Waals surface area contributed by atoms with E-state index in [1.807, 2.05) is 18.2 Å². The van der Waals surface area contributed by atoms with E-state index in [2.05, 4.69) is 15.6 Å². The van der Waals surface area contributed by atoms with Gasteiger partial charge >= 0.3 is 5.69 Å². The molecule has 6 rings (SSSR count). The average Bonchev–Trinajstić information content (AvgIpc) is 3.48. The number of hydrogen-bond donors (Lipinski definition) is 4. The lowest BCUT2D eigenvalue weighted by atomic mass is 9.91. The van der Waals surface area contributed by atoms with Gasteiger partial charge < -0.3 is 34.9 Å². The van der Waals surface area contributed by atoms with Crippen molar-refractivity contribution in [3.8, 4) is 17.2 Å². The van der Waals surface area contributed by atoms with E-state index in [-0.39, 0.29) is 40.3 Å². The van der Waals surface area contributed by atoms with E-state index in [0.717, 1.165) is 23.3 Å². The van der Waals surface area contributed by atoms with Crippen LogP contribution in [0.3, 0.4) is 0 Å². The van der Waals surface area contributed by atoms with Crippen LogP contribution < -0.4 is 30.5 Å². The number of nitrogens with zero attached hydrogens (tertiary/aromatic N) is 1. The summed E-state index contributed by atoms with van der Waals surface area (Å²) >= 11 is 6.46. The molecule has 1 aliphatic rings. The van der Waals surface area contributed by atoms with Gasteiger partial charge in [0, 0.05) is 40.0 Å². The van der Waals surface area contributed by atoms with Crippen LogP contribution in [0.15, 0.2) is 71.5 Å². The topological polar surface area (TPSA) is 127 Å². The standard InChI is InChI=1S/C32H28ClFN4O6/c1-42-20-8-4-17(5-9-20)16-38-29-25(36-31(38)40)14-24(35-15-18-6-10-21(43-2)13-26(18)44-3)28-27(29)30(39)37-32(28,41)22-12-19(34)7-11-23(22)33/h4-14,35,41H,15-16H2,1-3H3,(H,36,40)(H,37,39). The van der Waals surface area contributed by atoms with Gasteiger partial charge in [-0.25, -0.2) is 9.18 Å². The Morgan fingerprint density at radius 1 is 0.955 bits per heavy atom. The number of methoxy groups -OCH3 is 3. The van der Waals surface area contributed by atoms with Crippen molar-refractivity contribution >= 4 is 34.2 Å². The van der Waals surface area contributed by atoms with Gasteiger partial charge in [0.15, 0.2) is 5.72 Å². The Bertz CT molecular complexity index is 1970. The molecule has 5 aromatic rings. The van der Waals surface area contributed by atoms with Gasteiger partial charge in [0.25, 0.3) is 5.91 Å². The molecule has 0 fully saturated rings. The molecule has 0 saturated carbocycles. The number of anilines is 1. The fourth-order valence-electron chi connectivity index (χ4n) is 5.59. The second-order valence-corrected chi connectivity index (χ2v) is 10.7. The zero-order valence-corrected chi connectivity index (χ0v) is 24.7. The molecule has 1 aliphatic heterocycles. The number of halogens is 2. The van der Waals surface area contributed by atoms with Crippen LogP contribution in [0.25, 0.3) is 11.0 Å². The summed E-state index contributed by atoms with van der Waals surface area (Å²) in [5, 5.41) is 18.1. The molecule has 10 nitrogen and oxygen atoms in total. The minimum Gasteiger partial charge on any atom is -0.497 e. The molecule has 1 amide bonds. The number of aromatic amines is 1. The van der Waals surface area contributed by atoms with Gasteiger partial charge in [0.1, 0.15) is 23.1 Å². The molecule has 0 aliphatic carbocycles. The van der Waals surface area contributed by atoms with Crippen molar-refractivity contribution in [1.82, 2.24) is 14.9 Å². The number of aliphatic hydroxyl groups is 1. The minimum absolute atomic E-state index is 0.0367. The molecule has 44 heavy (non-hydrogen) atoms. The maximum Gasteiger partial charge on any atom is 0.326 e. The van der Waals surface area contributed by atoms with Crippen LogP contribution in [0.4, 0.5) is 10.1 Å². The molecule has 1 aromatic heterocycles. The smallest absolute Gasteiger partial charge is 0.326 e. The van der Waals surface area contributed by atoms with E-state index in [9.17, 15) is 19.1 Å². The first-order valence-electron chi connectivity index (χ1n) is 13.5. The summed E-state index contributed by atoms with van der Waals surface area (Å²) in [6.07, 6.45) is 0. The lowest BCUT2D eigenvalue weighted by Crippen LogP contribution is -2.41. The van der Waals surface area contributed by atoms with Gasteiger partial charge in [-0.15, -0.1) is 0 Å². The van der Waals surface area contributed by atoms with Crippen molar-refractivity contribution in [2.45, 2.75) is 18.8 Å². The minimum atomic E-state index is -2.23. The third-order valence-corrected chi connectivity index (χ3v) is 8.05. The molecule has 1 atom stereocenters. The number of fused-ring (bicyclic) bond motifs is 3. The van der Waals surface area contributed by atoms with Crippen LogP contribution in [0.1, 0.15) is 32.6 Å². The molecule has 0 radical (unpaired) electrons. The average molecular weight is 619 g/mol. The number of carbonyl (C=O) groups excluding carboxylic acids is 1. The van der Waals surface area contributed by atoms with Crippen molar-refractivity contribution < 1.29 is 28.5 Å². The highest BCUT2D eigenvalue weighted by atomic mass is 35.5. The number of imidazole rings is 1. The van der Waals surface area contributed by atoms with Crippen molar-refractivity contribution in [1.29, 1.82) is 0 Å². The number of nitrogens with one attached hydrogen (secondary N) is 3. The molecular formula is C32H28ClFN4O6. The zero-order valence-electron chi connectivity index (χ0n) is 24.0. The molecule has 12 heteroatoms. The molecule has 0 saturated heterocycles. The monoisotopic (exact) mass is 618 g/mol. The van der Waals surface area contributed by atoms with Crippen LogP contribution >= 0.6 is 11.6 Å². The van der Waals surface area contributed by atoms with Crippen LogP contribution in [0.2, 0.25) is 5.02 Å². The number of rotatable bonds is 9. The normalized spacial score (nSPS) is 15.6. The Labute approximate surface area is 255 Å². The van der Waals surface area contributed by atoms with Crippen molar-refractivity contribution in [3.63, 3.8) is 0 Å². The van der Waals surface area contributed by atoms with E-state index in [1.54, 1.807) is 44.6 Å². The summed E-state index contributed by atoms with van der Waals surface area (Å²) in [5.74, 6) is 0.486. The number of ether oxygens (including phenoxy) is 3. The van der Waals surface area contributed by atoms with E-state index in [4.69, 9.17) is 25.8 Å². The lowest BCUT2D eigenvalue weighted by molar-refractivity contribution is 0.0478. The number of amides is 1. The Balaban J connectivity index is 1.54.